The summed E-state index contributed by atoms with van der Waals surface area (Å²) in [6.07, 6.45) is 11.7. The molecule has 3 unspecified atom stereocenters. The average molecular weight is 1570 g/mol. The highest BCUT2D eigenvalue weighted by Gasteiger charge is 2.52. The number of nitrogens with one attached hydrogen (secondary N) is 7. The van der Waals surface area contributed by atoms with E-state index in [4.69, 9.17) is 28.1 Å². The number of hydrogen-bond donors (Lipinski definition) is 7. The second-order valence-electron chi connectivity index (χ2n) is 32.6. The van der Waals surface area contributed by atoms with Crippen LogP contribution in [-0.4, -0.2) is 146 Å². The fraction of sp³-hybridized carbons (Fsp3) is 0.583. The Hall–Kier alpha value is -10.3. The molecule has 0 saturated heterocycles. The van der Waals surface area contributed by atoms with E-state index in [1.54, 1.807) is 7.05 Å². The lowest BCUT2D eigenvalue weighted by Gasteiger charge is -2.51. The SMILES string of the molecule is CN(CCOCCNC(=O)CCC12c3cc(NC(=O)CCCCCCCNC(=O)OC(C)(C)C)ccc3C(c3ccc(NC(=O)CCCCCCCNC(=O)OC(C)(C)C)cc31)c1ccc(NC(=O)CCCCCCCNC(=O)OC(C)(C)C)cc12)C(=O)C1CC(N=[N+]=[N-])CC1C(=O)COc1ccc2c(=O)oc(=O)n(C)c2c1. The van der Waals surface area contributed by atoms with E-state index in [9.17, 15) is 58.3 Å². The summed E-state index contributed by atoms with van der Waals surface area (Å²) >= 11 is 0. The van der Waals surface area contributed by atoms with Crippen LogP contribution < -0.4 is 53.3 Å². The van der Waals surface area contributed by atoms with Gasteiger partial charge in [-0.25, -0.2) is 24.0 Å². The molecule has 0 spiro atoms. The standard InChI is InChI=1S/C84H116N12O17/c1-81(2,3)111-77(104)87-40-24-18-12-15-21-27-71(99)90-54-30-34-59-65(49-54)84(39-38-70(98)86-43-45-108-46-44-95(10)75(102)64-48-57(93-94-85)47-63(64)69(97)53-109-58-33-37-62-68(52-58)96(11)80(107)110-76(62)103)66-50-55(91-72(100)28-22-16-13-19-25-41-88-78(105)112-82(4,5)6)31-35-60(66)74(59)61-36-32-56(51-67(61)84)92-73(101)29-23-17-14-20-26-42-89-79(106)113-83(7,8)9/h30-37,49-52,57,63-64,74H,12-29,38-48,53H2,1-11H3,(H,86,98)(H,87,104)(H,88,105)(H,89,106)(H,90,99)(H,91,100)(H,92,101). The molecule has 0 aliphatic heterocycles. The maximum absolute atomic E-state index is 14.5. The second kappa shape index (κ2) is 41.5. The lowest BCUT2D eigenvalue weighted by Crippen LogP contribution is -2.43. The number of benzene rings is 4. The molecular formula is C84H116N12O17. The van der Waals surface area contributed by atoms with Gasteiger partial charge in [-0.1, -0.05) is 81.1 Å². The number of nitrogens with zero attached hydrogens (tertiary/aromatic N) is 5. The van der Waals surface area contributed by atoms with Gasteiger partial charge in [-0.15, -0.1) is 0 Å². The maximum atomic E-state index is 14.5. The molecule has 29 nitrogen and oxygen atoms in total. The molecule has 1 aromatic heterocycles. The van der Waals surface area contributed by atoms with Crippen molar-refractivity contribution in [3.8, 4) is 5.75 Å². The first-order valence-corrected chi connectivity index (χ1v) is 39.9. The fourth-order valence-corrected chi connectivity index (χ4v) is 14.9. The number of carbonyl (C=O) groups is 9. The Balaban J connectivity index is 0.963. The predicted molar refractivity (Wildman–Crippen MR) is 430 cm³/mol. The van der Waals surface area contributed by atoms with Gasteiger partial charge < -0.3 is 70.2 Å². The molecule has 8 amide bonds. The first-order valence-electron chi connectivity index (χ1n) is 39.9. The summed E-state index contributed by atoms with van der Waals surface area (Å²) in [6, 6.07) is 21.6. The molecule has 29 heteroatoms. The third-order valence-corrected chi connectivity index (χ3v) is 20.2. The summed E-state index contributed by atoms with van der Waals surface area (Å²) < 4.78 is 33.8. The number of Topliss-reactive ketones (excluding diaryl/α,β-unsaturated/α-hetero) is 1. The molecule has 0 radical (unpaired) electrons. The fourth-order valence-electron chi connectivity index (χ4n) is 14.9. The number of ether oxygens (including phenoxy) is 5. The summed E-state index contributed by atoms with van der Waals surface area (Å²) in [5, 5.41) is 25.0. The first-order chi connectivity index (χ1) is 53.7. The highest BCUT2D eigenvalue weighted by molar-refractivity contribution is 5.94. The van der Waals surface area contributed by atoms with Crippen molar-refractivity contribution in [2.24, 2.45) is 24.0 Å². The average Bonchev–Trinajstić information content (AvgIpc) is 0.840. The summed E-state index contributed by atoms with van der Waals surface area (Å²) in [5.41, 5.74) is 13.0. The van der Waals surface area contributed by atoms with Crippen molar-refractivity contribution < 1.29 is 71.3 Å². The lowest BCUT2D eigenvalue weighted by atomic mass is 9.51. The molecule has 1 saturated carbocycles. The van der Waals surface area contributed by atoms with Crippen molar-refractivity contribution in [1.82, 2.24) is 30.7 Å². The van der Waals surface area contributed by atoms with Crippen LogP contribution in [-0.2, 0) is 60.2 Å². The minimum Gasteiger partial charge on any atom is -0.486 e. The van der Waals surface area contributed by atoms with Gasteiger partial charge in [-0.05, 0) is 208 Å². The Bertz CT molecular complexity index is 4090. The zero-order valence-electron chi connectivity index (χ0n) is 67.6. The molecule has 4 aliphatic carbocycles. The zero-order chi connectivity index (χ0) is 82.0. The smallest absolute Gasteiger partial charge is 0.422 e. The molecule has 5 aromatic rings. The van der Waals surface area contributed by atoms with Gasteiger partial charge in [0.1, 0.15) is 29.2 Å². The predicted octanol–water partition coefficient (Wildman–Crippen LogP) is 13.8. The van der Waals surface area contributed by atoms with Gasteiger partial charge in [-0.3, -0.25) is 33.3 Å². The number of carbonyl (C=O) groups excluding carboxylic acids is 9. The van der Waals surface area contributed by atoms with Crippen molar-refractivity contribution in [2.75, 3.05) is 75.5 Å². The number of aromatic nitrogens is 1. The number of ketones is 1. The van der Waals surface area contributed by atoms with Gasteiger partial charge in [0.05, 0.1) is 24.1 Å². The summed E-state index contributed by atoms with van der Waals surface area (Å²) in [7, 11) is 3.02. The van der Waals surface area contributed by atoms with E-state index in [1.165, 1.54) is 30.1 Å². The summed E-state index contributed by atoms with van der Waals surface area (Å²) in [6.45, 7) is 17.7. The van der Waals surface area contributed by atoms with Crippen molar-refractivity contribution in [3.05, 3.63) is 138 Å². The Kier molecular flexibility index (Phi) is 32.4. The number of unbranched alkanes of at least 4 members (excludes halogenated alkanes) is 12. The molecule has 1 fully saturated rings. The van der Waals surface area contributed by atoms with Crippen LogP contribution in [0.5, 0.6) is 5.75 Å². The van der Waals surface area contributed by atoms with Crippen LogP contribution in [0.25, 0.3) is 21.3 Å². The maximum Gasteiger partial charge on any atom is 0.422 e. The van der Waals surface area contributed by atoms with E-state index in [0.717, 1.165) is 115 Å². The number of hydrogen-bond acceptors (Lipinski definition) is 18. The van der Waals surface area contributed by atoms with Crippen molar-refractivity contribution in [2.45, 2.75) is 238 Å². The van der Waals surface area contributed by atoms with Gasteiger partial charge in [0, 0.05) is 130 Å². The van der Waals surface area contributed by atoms with E-state index >= 15 is 0 Å². The van der Waals surface area contributed by atoms with Crippen LogP contribution in [0.4, 0.5) is 31.4 Å². The van der Waals surface area contributed by atoms with E-state index in [2.05, 4.69) is 47.2 Å². The number of azide groups is 1. The highest BCUT2D eigenvalue weighted by Crippen LogP contribution is 2.62. The third-order valence-electron chi connectivity index (χ3n) is 20.2. The van der Waals surface area contributed by atoms with Crippen molar-refractivity contribution in [1.29, 1.82) is 0 Å². The molecule has 3 atom stereocenters. The van der Waals surface area contributed by atoms with E-state index in [1.807, 2.05) is 117 Å². The normalized spacial score (nSPS) is 16.6. The number of anilines is 3. The van der Waals surface area contributed by atoms with Crippen LogP contribution in [0.3, 0.4) is 0 Å². The highest BCUT2D eigenvalue weighted by atomic mass is 16.6. The first kappa shape index (κ1) is 88.3. The van der Waals surface area contributed by atoms with Crippen LogP contribution in [0, 0.1) is 11.8 Å². The number of likely N-dealkylation sites (N-methyl/N-ethyl adjacent to an activating group) is 1. The molecule has 1 heterocycles. The van der Waals surface area contributed by atoms with E-state index in [0.29, 0.717) is 56.0 Å². The Morgan fingerprint density at radius 2 is 0.973 bits per heavy atom. The van der Waals surface area contributed by atoms with Crippen molar-refractivity contribution >= 4 is 81.6 Å². The number of rotatable bonds is 42. The van der Waals surface area contributed by atoms with Crippen LogP contribution in [0.15, 0.2) is 91.9 Å². The number of aryl methyl sites for hydroxylation is 1. The largest absolute Gasteiger partial charge is 0.486 e. The molecule has 4 aliphatic rings. The van der Waals surface area contributed by atoms with Crippen LogP contribution >= 0.6 is 0 Å². The zero-order valence-corrected chi connectivity index (χ0v) is 67.6. The Labute approximate surface area is 661 Å². The lowest BCUT2D eigenvalue weighted by molar-refractivity contribution is -0.140. The molecule has 113 heavy (non-hydrogen) atoms. The minimum absolute atomic E-state index is 0.0134. The van der Waals surface area contributed by atoms with Gasteiger partial charge in [-0.2, -0.15) is 0 Å². The molecule has 4 aromatic carbocycles. The Morgan fingerprint density at radius 3 is 1.42 bits per heavy atom. The quantitative estimate of drug-likeness (QED) is 0.00627. The minimum atomic E-state index is -1.10. The van der Waals surface area contributed by atoms with Crippen LogP contribution in [0.1, 0.15) is 243 Å². The number of fused-ring (bicyclic) bond motifs is 1. The van der Waals surface area contributed by atoms with Crippen LogP contribution in [0.2, 0.25) is 0 Å². The number of alkyl carbamates (subject to hydrolysis) is 3. The molecule has 614 valence electrons. The summed E-state index contributed by atoms with van der Waals surface area (Å²) in [5.74, 6) is -4.21. The van der Waals surface area contributed by atoms with Gasteiger partial charge >= 0.3 is 29.7 Å². The Morgan fingerprint density at radius 1 is 0.540 bits per heavy atom. The van der Waals surface area contributed by atoms with Gasteiger partial charge in [0.2, 0.25) is 29.5 Å². The van der Waals surface area contributed by atoms with E-state index in [-0.39, 0.29) is 123 Å². The monoisotopic (exact) mass is 1560 g/mol. The third kappa shape index (κ3) is 26.7. The topological polar surface area (TPSA) is 388 Å². The molecular weight excluding hydrogens is 1450 g/mol. The molecule has 2 bridgehead atoms. The van der Waals surface area contributed by atoms with Gasteiger partial charge in [0.25, 0.3) is 0 Å². The molecule has 7 N–H and O–H groups in total. The van der Waals surface area contributed by atoms with Crippen molar-refractivity contribution in [3.63, 3.8) is 0 Å². The van der Waals surface area contributed by atoms with E-state index < -0.39 is 82.1 Å². The second-order valence-corrected chi connectivity index (χ2v) is 32.6. The number of amides is 8. The van der Waals surface area contributed by atoms with Gasteiger partial charge in [0.15, 0.2) is 5.78 Å². The summed E-state index contributed by atoms with van der Waals surface area (Å²) in [4.78, 5) is 150. The molecule has 9 rings (SSSR count).